The lowest BCUT2D eigenvalue weighted by Gasteiger charge is -2.28. The molecule has 0 aromatic heterocycles. The summed E-state index contributed by atoms with van der Waals surface area (Å²) in [5.41, 5.74) is 0. The number of nitrogens with zero attached hydrogens (tertiary/aromatic N) is 3. The molecule has 5 nitrogen and oxygen atoms in total. The summed E-state index contributed by atoms with van der Waals surface area (Å²) in [4.78, 5) is 4.80. The first-order chi connectivity index (χ1) is 5.37. The molecule has 5 heteroatoms. The lowest BCUT2D eigenvalue weighted by molar-refractivity contribution is 0.468. The van der Waals surface area contributed by atoms with E-state index in [0.717, 1.165) is 0 Å². The van der Waals surface area contributed by atoms with Gasteiger partial charge in [0, 0.05) is 35.2 Å². The monoisotopic (exact) mass is 171 g/mol. The second-order valence-corrected chi connectivity index (χ2v) is 3.00. The Bertz CT molecular complexity index is 164. The van der Waals surface area contributed by atoms with Crippen LogP contribution < -0.4 is 0 Å². The fraction of sp³-hybridized carbons (Fsp3) is 0.714. The van der Waals surface area contributed by atoms with E-state index in [1.165, 1.54) is 4.90 Å². The summed E-state index contributed by atoms with van der Waals surface area (Å²) < 4.78 is 0. The van der Waals surface area contributed by atoms with Crippen molar-refractivity contribution in [2.45, 2.75) is 0 Å². The zero-order valence-electron chi connectivity index (χ0n) is 8.34. The Balaban J connectivity index is 4.30. The van der Waals surface area contributed by atoms with Crippen molar-refractivity contribution in [1.29, 1.82) is 10.8 Å². The predicted octanol–water partition coefficient (Wildman–Crippen LogP) is -0.0891. The average Bonchev–Trinajstić information content (AvgIpc) is 2.00. The molecule has 70 valence electrons. The van der Waals surface area contributed by atoms with Gasteiger partial charge in [0.1, 0.15) is 0 Å². The Kier molecular flexibility index (Phi) is 3.53. The Labute approximate surface area is 73.6 Å². The molecule has 0 radical (unpaired) electrons. The molecule has 12 heavy (non-hydrogen) atoms. The van der Waals surface area contributed by atoms with Gasteiger partial charge in [0.2, 0.25) is 0 Å². The van der Waals surface area contributed by atoms with E-state index < -0.39 is 0 Å². The third kappa shape index (κ3) is 2.41. The third-order valence-electron chi connectivity index (χ3n) is 1.48. The third-order valence-corrected chi connectivity index (χ3v) is 1.48. The van der Waals surface area contributed by atoms with Crippen molar-refractivity contribution >= 4 is 11.9 Å². The Morgan fingerprint density at radius 3 is 1.17 bits per heavy atom. The van der Waals surface area contributed by atoms with Crippen molar-refractivity contribution in [3.05, 3.63) is 0 Å². The van der Waals surface area contributed by atoms with Gasteiger partial charge in [-0.15, -0.1) is 0 Å². The first kappa shape index (κ1) is 10.7. The first-order valence-electron chi connectivity index (χ1n) is 3.63. The normalized spacial score (nSPS) is 9.08. The molecule has 0 saturated carbocycles. The van der Waals surface area contributed by atoms with Crippen LogP contribution in [0.4, 0.5) is 0 Å². The van der Waals surface area contributed by atoms with Gasteiger partial charge in [0.15, 0.2) is 11.9 Å². The fourth-order valence-electron chi connectivity index (χ4n) is 0.700. The lowest BCUT2D eigenvalue weighted by Crippen LogP contribution is -2.45. The summed E-state index contributed by atoms with van der Waals surface area (Å²) in [7, 11) is 8.82. The number of nitrogens with one attached hydrogen (secondary N) is 2. The molecule has 0 rings (SSSR count). The van der Waals surface area contributed by atoms with Gasteiger partial charge in [-0.25, -0.2) is 0 Å². The van der Waals surface area contributed by atoms with Crippen molar-refractivity contribution in [2.24, 2.45) is 0 Å². The van der Waals surface area contributed by atoms with Crippen LogP contribution in [0.1, 0.15) is 0 Å². The molecule has 0 saturated heterocycles. The van der Waals surface area contributed by atoms with E-state index in [1.54, 1.807) is 45.0 Å². The van der Waals surface area contributed by atoms with Crippen LogP contribution in [0.2, 0.25) is 0 Å². The molecule has 2 N–H and O–H groups in total. The standard InChI is InChI=1S/C7H17N5/c1-10(2)6(8)12(5)7(9)11(3)4/h8-9H,1-5H3. The molecule has 0 bridgehead atoms. The highest BCUT2D eigenvalue weighted by atomic mass is 15.4. The minimum atomic E-state index is 0.300. The van der Waals surface area contributed by atoms with Crippen molar-refractivity contribution in [2.75, 3.05) is 35.2 Å². The molecular weight excluding hydrogens is 154 g/mol. The maximum absolute atomic E-state index is 7.56. The maximum Gasteiger partial charge on any atom is 0.199 e. The predicted molar refractivity (Wildman–Crippen MR) is 50.6 cm³/mol. The van der Waals surface area contributed by atoms with Gasteiger partial charge >= 0.3 is 0 Å². The van der Waals surface area contributed by atoms with Crippen LogP contribution in [0.15, 0.2) is 0 Å². The van der Waals surface area contributed by atoms with E-state index in [0.29, 0.717) is 11.9 Å². The van der Waals surface area contributed by atoms with E-state index in [-0.39, 0.29) is 0 Å². The summed E-state index contributed by atoms with van der Waals surface area (Å²) in [6, 6.07) is 0. The highest BCUT2D eigenvalue weighted by molar-refractivity contribution is 5.95. The lowest BCUT2D eigenvalue weighted by atomic mass is 10.6. The van der Waals surface area contributed by atoms with Crippen LogP contribution in [0.5, 0.6) is 0 Å². The van der Waals surface area contributed by atoms with Gasteiger partial charge in [0.05, 0.1) is 0 Å². The maximum atomic E-state index is 7.56. The zero-order chi connectivity index (χ0) is 9.89. The molecule has 0 aromatic rings. The van der Waals surface area contributed by atoms with Crippen LogP contribution in [-0.4, -0.2) is 61.9 Å². The van der Waals surface area contributed by atoms with Crippen molar-refractivity contribution in [3.8, 4) is 0 Å². The molecule has 0 atom stereocenters. The van der Waals surface area contributed by atoms with E-state index >= 15 is 0 Å². The fourth-order valence-corrected chi connectivity index (χ4v) is 0.700. The number of hydrogen-bond acceptors (Lipinski definition) is 2. The number of rotatable bonds is 0. The van der Waals surface area contributed by atoms with Gasteiger partial charge in [-0.1, -0.05) is 0 Å². The van der Waals surface area contributed by atoms with E-state index in [2.05, 4.69) is 0 Å². The molecule has 0 spiro atoms. The van der Waals surface area contributed by atoms with E-state index in [1.807, 2.05) is 0 Å². The van der Waals surface area contributed by atoms with Crippen LogP contribution >= 0.6 is 0 Å². The first-order valence-corrected chi connectivity index (χ1v) is 3.63. The minimum absolute atomic E-state index is 0.300. The van der Waals surface area contributed by atoms with Crippen LogP contribution in [0.25, 0.3) is 0 Å². The van der Waals surface area contributed by atoms with Gasteiger partial charge < -0.3 is 9.80 Å². The van der Waals surface area contributed by atoms with E-state index in [4.69, 9.17) is 10.8 Å². The topological polar surface area (TPSA) is 57.4 Å². The second kappa shape index (κ2) is 3.94. The average molecular weight is 171 g/mol. The molecule has 0 fully saturated rings. The van der Waals surface area contributed by atoms with Gasteiger partial charge in [0.25, 0.3) is 0 Å². The number of guanidine groups is 2. The quantitative estimate of drug-likeness (QED) is 0.395. The van der Waals surface area contributed by atoms with Crippen molar-refractivity contribution < 1.29 is 0 Å². The summed E-state index contributed by atoms with van der Waals surface area (Å²) >= 11 is 0. The summed E-state index contributed by atoms with van der Waals surface area (Å²) in [5, 5.41) is 15.1. The van der Waals surface area contributed by atoms with Gasteiger partial charge in [-0.2, -0.15) is 0 Å². The second-order valence-electron chi connectivity index (χ2n) is 3.00. The SMILES string of the molecule is CN(C)C(=N)N(C)C(=N)N(C)C. The molecular formula is C7H17N5. The molecule has 0 aliphatic rings. The Morgan fingerprint density at radius 2 is 1.00 bits per heavy atom. The molecule has 0 aromatic carbocycles. The van der Waals surface area contributed by atoms with E-state index in [9.17, 15) is 0 Å². The largest absolute Gasteiger partial charge is 0.349 e. The molecule has 0 amide bonds. The zero-order valence-corrected chi connectivity index (χ0v) is 8.34. The van der Waals surface area contributed by atoms with Crippen LogP contribution in [-0.2, 0) is 0 Å². The Morgan fingerprint density at radius 1 is 0.750 bits per heavy atom. The molecule has 0 heterocycles. The summed E-state index contributed by atoms with van der Waals surface area (Å²) in [6.07, 6.45) is 0. The number of hydrogen-bond donors (Lipinski definition) is 2. The van der Waals surface area contributed by atoms with Gasteiger partial charge in [-0.3, -0.25) is 15.7 Å². The molecule has 0 unspecified atom stereocenters. The highest BCUT2D eigenvalue weighted by Gasteiger charge is 2.12. The van der Waals surface area contributed by atoms with Gasteiger partial charge in [-0.05, 0) is 0 Å². The minimum Gasteiger partial charge on any atom is -0.349 e. The summed E-state index contributed by atoms with van der Waals surface area (Å²) in [5.74, 6) is 0.599. The molecule has 0 aliphatic heterocycles. The highest BCUT2D eigenvalue weighted by Crippen LogP contribution is 1.92. The smallest absolute Gasteiger partial charge is 0.199 e. The van der Waals surface area contributed by atoms with Crippen LogP contribution in [0.3, 0.4) is 0 Å². The van der Waals surface area contributed by atoms with Crippen LogP contribution in [0, 0.1) is 10.8 Å². The Hall–Kier alpha value is -1.26. The summed E-state index contributed by atoms with van der Waals surface area (Å²) in [6.45, 7) is 0. The van der Waals surface area contributed by atoms with Crippen molar-refractivity contribution in [1.82, 2.24) is 14.7 Å². The van der Waals surface area contributed by atoms with Crippen molar-refractivity contribution in [3.63, 3.8) is 0 Å². The molecule has 0 aliphatic carbocycles.